The van der Waals surface area contributed by atoms with Crippen molar-refractivity contribution in [2.45, 2.75) is 20.3 Å². The van der Waals surface area contributed by atoms with Crippen LogP contribution < -0.4 is 10.1 Å². The van der Waals surface area contributed by atoms with E-state index in [1.54, 1.807) is 24.3 Å². The number of ether oxygens (including phenoxy) is 1. The smallest absolute Gasteiger partial charge is 0.262 e. The Balaban J connectivity index is 1.88. The minimum atomic E-state index is -0.236. The highest BCUT2D eigenvalue weighted by Gasteiger charge is 2.06. The maximum Gasteiger partial charge on any atom is 0.262 e. The van der Waals surface area contributed by atoms with Crippen LogP contribution in [0.1, 0.15) is 29.3 Å². The van der Waals surface area contributed by atoms with Gasteiger partial charge in [-0.05, 0) is 55.0 Å². The first-order chi connectivity index (χ1) is 11.0. The monoisotopic (exact) mass is 375 g/mol. The van der Waals surface area contributed by atoms with E-state index in [0.717, 1.165) is 15.7 Å². The van der Waals surface area contributed by atoms with Crippen molar-refractivity contribution in [1.29, 1.82) is 0 Å². The molecule has 4 nitrogen and oxygen atoms in total. The van der Waals surface area contributed by atoms with Crippen molar-refractivity contribution in [2.75, 3.05) is 11.9 Å². The van der Waals surface area contributed by atoms with Crippen molar-refractivity contribution in [2.24, 2.45) is 0 Å². The number of hydrogen-bond donors (Lipinski definition) is 1. The summed E-state index contributed by atoms with van der Waals surface area (Å²) in [5.41, 5.74) is 2.41. The number of halogens is 1. The summed E-state index contributed by atoms with van der Waals surface area (Å²) in [5, 5.41) is 2.78. The molecule has 0 fully saturated rings. The topological polar surface area (TPSA) is 55.4 Å². The van der Waals surface area contributed by atoms with Crippen LogP contribution in [0.15, 0.2) is 46.9 Å². The number of ketones is 1. The summed E-state index contributed by atoms with van der Waals surface area (Å²) in [6.45, 7) is 3.69. The van der Waals surface area contributed by atoms with E-state index in [-0.39, 0.29) is 18.3 Å². The highest BCUT2D eigenvalue weighted by molar-refractivity contribution is 9.10. The number of Topliss-reactive ketones (excluding diaryl/α,β-unsaturated/α-hetero) is 1. The van der Waals surface area contributed by atoms with E-state index < -0.39 is 0 Å². The van der Waals surface area contributed by atoms with Crippen LogP contribution in [0.2, 0.25) is 0 Å². The second-order valence-electron chi connectivity index (χ2n) is 5.10. The Bertz CT molecular complexity index is 711. The summed E-state index contributed by atoms with van der Waals surface area (Å²) < 4.78 is 6.42. The number of amides is 1. The van der Waals surface area contributed by atoms with Crippen LogP contribution in [0.5, 0.6) is 5.75 Å². The molecule has 0 heterocycles. The van der Waals surface area contributed by atoms with Crippen LogP contribution in [-0.2, 0) is 4.79 Å². The molecule has 0 aromatic heterocycles. The van der Waals surface area contributed by atoms with E-state index in [4.69, 9.17) is 4.74 Å². The predicted molar refractivity (Wildman–Crippen MR) is 94.1 cm³/mol. The van der Waals surface area contributed by atoms with Crippen LogP contribution in [-0.4, -0.2) is 18.3 Å². The maximum absolute atomic E-state index is 11.9. The zero-order valence-corrected chi connectivity index (χ0v) is 14.6. The van der Waals surface area contributed by atoms with Crippen molar-refractivity contribution in [3.63, 3.8) is 0 Å². The Kier molecular flexibility index (Phi) is 5.93. The second kappa shape index (κ2) is 7.92. The molecular formula is C18H18BrNO3. The first-order valence-corrected chi connectivity index (χ1v) is 8.11. The van der Waals surface area contributed by atoms with Gasteiger partial charge in [0, 0.05) is 22.1 Å². The average Bonchev–Trinajstić information content (AvgIpc) is 2.56. The summed E-state index contributed by atoms with van der Waals surface area (Å²) in [6.07, 6.45) is 0.467. The minimum Gasteiger partial charge on any atom is -0.484 e. The molecule has 0 unspecified atom stereocenters. The Morgan fingerprint density at radius 1 is 1.13 bits per heavy atom. The van der Waals surface area contributed by atoms with Gasteiger partial charge in [-0.3, -0.25) is 9.59 Å². The molecule has 0 aliphatic rings. The number of rotatable bonds is 6. The van der Waals surface area contributed by atoms with E-state index in [1.165, 1.54) is 0 Å². The zero-order valence-electron chi connectivity index (χ0n) is 13.1. The first-order valence-electron chi connectivity index (χ1n) is 7.31. The second-order valence-corrected chi connectivity index (χ2v) is 5.96. The van der Waals surface area contributed by atoms with Gasteiger partial charge in [-0.15, -0.1) is 0 Å². The molecule has 0 atom stereocenters. The summed E-state index contributed by atoms with van der Waals surface area (Å²) in [4.78, 5) is 23.4. The molecule has 0 spiro atoms. The van der Waals surface area contributed by atoms with E-state index in [2.05, 4.69) is 21.2 Å². The lowest BCUT2D eigenvalue weighted by atomic mass is 10.1. The van der Waals surface area contributed by atoms with Gasteiger partial charge in [0.2, 0.25) is 0 Å². The predicted octanol–water partition coefficient (Wildman–Crippen LogP) is 4.37. The molecule has 2 rings (SSSR count). The molecule has 1 amide bonds. The molecular weight excluding hydrogens is 358 g/mol. The van der Waals surface area contributed by atoms with Crippen molar-refractivity contribution in [3.8, 4) is 5.75 Å². The highest BCUT2D eigenvalue weighted by Crippen LogP contribution is 2.20. The van der Waals surface area contributed by atoms with Gasteiger partial charge in [-0.25, -0.2) is 0 Å². The third kappa shape index (κ3) is 4.93. The van der Waals surface area contributed by atoms with Gasteiger partial charge >= 0.3 is 0 Å². The standard InChI is InChI=1S/C18H18BrNO3/c1-3-17(21)13-4-7-15(8-5-13)23-11-18(22)20-14-6-9-16(19)12(2)10-14/h4-10H,3,11H2,1-2H3,(H,20,22). The number of hydrogen-bond acceptors (Lipinski definition) is 3. The SMILES string of the molecule is CCC(=O)c1ccc(OCC(=O)Nc2ccc(Br)c(C)c2)cc1. The van der Waals surface area contributed by atoms with Gasteiger partial charge in [-0.1, -0.05) is 22.9 Å². The molecule has 0 bridgehead atoms. The lowest BCUT2D eigenvalue weighted by Crippen LogP contribution is -2.20. The molecule has 23 heavy (non-hydrogen) atoms. The number of carbonyl (C=O) groups is 2. The molecule has 2 aromatic rings. The number of aryl methyl sites for hydroxylation is 1. The highest BCUT2D eigenvalue weighted by atomic mass is 79.9. The fraction of sp³-hybridized carbons (Fsp3) is 0.222. The lowest BCUT2D eigenvalue weighted by Gasteiger charge is -2.09. The van der Waals surface area contributed by atoms with Crippen molar-refractivity contribution < 1.29 is 14.3 Å². The molecule has 0 saturated carbocycles. The fourth-order valence-corrected chi connectivity index (χ4v) is 2.26. The van der Waals surface area contributed by atoms with Gasteiger partial charge in [-0.2, -0.15) is 0 Å². The maximum atomic E-state index is 11.9. The van der Waals surface area contributed by atoms with Gasteiger partial charge in [0.25, 0.3) is 5.91 Å². The van der Waals surface area contributed by atoms with Gasteiger partial charge in [0.1, 0.15) is 5.75 Å². The quantitative estimate of drug-likeness (QED) is 0.762. The number of nitrogens with one attached hydrogen (secondary N) is 1. The third-order valence-corrected chi connectivity index (χ3v) is 4.20. The van der Waals surface area contributed by atoms with Crippen LogP contribution in [0.3, 0.4) is 0 Å². The Labute approximate surface area is 144 Å². The zero-order chi connectivity index (χ0) is 16.8. The Morgan fingerprint density at radius 3 is 2.43 bits per heavy atom. The molecule has 1 N–H and O–H groups in total. The summed E-state index contributed by atoms with van der Waals surface area (Å²) >= 11 is 3.42. The van der Waals surface area contributed by atoms with Gasteiger partial charge in [0.15, 0.2) is 12.4 Å². The first kappa shape index (κ1) is 17.2. The minimum absolute atomic E-state index is 0.0832. The van der Waals surface area contributed by atoms with Gasteiger partial charge in [0.05, 0.1) is 0 Å². The van der Waals surface area contributed by atoms with E-state index in [9.17, 15) is 9.59 Å². The third-order valence-electron chi connectivity index (χ3n) is 3.31. The van der Waals surface area contributed by atoms with Crippen LogP contribution in [0.25, 0.3) is 0 Å². The molecule has 5 heteroatoms. The molecule has 0 aliphatic heterocycles. The van der Waals surface area contributed by atoms with E-state index in [1.807, 2.05) is 32.0 Å². The fourth-order valence-electron chi connectivity index (χ4n) is 2.01. The summed E-state index contributed by atoms with van der Waals surface area (Å²) in [7, 11) is 0. The van der Waals surface area contributed by atoms with E-state index >= 15 is 0 Å². The molecule has 0 saturated heterocycles. The Morgan fingerprint density at radius 2 is 1.83 bits per heavy atom. The molecule has 120 valence electrons. The van der Waals surface area contributed by atoms with Crippen LogP contribution >= 0.6 is 15.9 Å². The Hall–Kier alpha value is -2.14. The van der Waals surface area contributed by atoms with E-state index in [0.29, 0.717) is 17.7 Å². The average molecular weight is 376 g/mol. The normalized spacial score (nSPS) is 10.2. The van der Waals surface area contributed by atoms with Gasteiger partial charge < -0.3 is 10.1 Å². The largest absolute Gasteiger partial charge is 0.484 e. The van der Waals surface area contributed by atoms with Crippen LogP contribution in [0.4, 0.5) is 5.69 Å². The number of benzene rings is 2. The number of anilines is 1. The van der Waals surface area contributed by atoms with Crippen molar-refractivity contribution >= 4 is 33.3 Å². The molecule has 0 radical (unpaired) electrons. The molecule has 2 aromatic carbocycles. The van der Waals surface area contributed by atoms with Crippen molar-refractivity contribution in [1.82, 2.24) is 0 Å². The summed E-state index contributed by atoms with van der Waals surface area (Å²) in [6, 6.07) is 12.4. The van der Waals surface area contributed by atoms with Crippen LogP contribution in [0, 0.1) is 6.92 Å². The summed E-state index contributed by atoms with van der Waals surface area (Å²) in [5.74, 6) is 0.403. The molecule has 0 aliphatic carbocycles. The lowest BCUT2D eigenvalue weighted by molar-refractivity contribution is -0.118. The van der Waals surface area contributed by atoms with Crippen molar-refractivity contribution in [3.05, 3.63) is 58.1 Å². The number of carbonyl (C=O) groups excluding carboxylic acids is 2.